The van der Waals surface area contributed by atoms with Crippen LogP contribution in [0.15, 0.2) is 30.3 Å². The Kier molecular flexibility index (Phi) is 4.11. The van der Waals surface area contributed by atoms with Crippen molar-refractivity contribution < 1.29 is 4.79 Å². The molecule has 3 heteroatoms. The standard InChI is InChI=1S/C23H32N2O/c1-24-14-7-3-6-11-20-21(24)18(17-9-4-2-5-10-17)16-25(20)22(26)19-15-23(19)12-8-13-23/h2,4-5,9-10,18-21H,3,6-8,11-16H2,1H3/t18-,19-,20+,21-/m0/s1. The Hall–Kier alpha value is -1.35. The Morgan fingerprint density at radius 2 is 1.88 bits per heavy atom. The average molecular weight is 353 g/mol. The molecule has 5 rings (SSSR count). The van der Waals surface area contributed by atoms with Crippen LogP contribution in [-0.4, -0.2) is 47.9 Å². The lowest BCUT2D eigenvalue weighted by Crippen LogP contribution is -2.48. The molecule has 0 unspecified atom stereocenters. The summed E-state index contributed by atoms with van der Waals surface area (Å²) in [4.78, 5) is 18.4. The Morgan fingerprint density at radius 3 is 2.58 bits per heavy atom. The van der Waals surface area contributed by atoms with Crippen molar-refractivity contribution in [3.8, 4) is 0 Å². The molecule has 2 aliphatic heterocycles. The molecule has 0 N–H and O–H groups in total. The highest BCUT2D eigenvalue weighted by atomic mass is 16.2. The highest BCUT2D eigenvalue weighted by molar-refractivity contribution is 5.84. The van der Waals surface area contributed by atoms with Gasteiger partial charge in [-0.3, -0.25) is 4.79 Å². The first kappa shape index (κ1) is 16.8. The smallest absolute Gasteiger partial charge is 0.226 e. The minimum atomic E-state index is 0.349. The molecule has 3 nitrogen and oxygen atoms in total. The molecule has 2 saturated carbocycles. The number of fused-ring (bicyclic) bond motifs is 1. The molecule has 4 atom stereocenters. The Bertz CT molecular complexity index is 668. The van der Waals surface area contributed by atoms with E-state index in [2.05, 4.69) is 47.2 Å². The van der Waals surface area contributed by atoms with Gasteiger partial charge in [-0.15, -0.1) is 0 Å². The van der Waals surface area contributed by atoms with Crippen molar-refractivity contribution in [2.24, 2.45) is 11.3 Å². The SMILES string of the molecule is CN1CCCCC[C@@H]2[C@@H]1[C@H](c1ccccc1)CN2C(=O)[C@@H]1CC12CCC2. The molecule has 4 fully saturated rings. The van der Waals surface area contributed by atoms with Crippen LogP contribution < -0.4 is 0 Å². The fraction of sp³-hybridized carbons (Fsp3) is 0.696. The minimum Gasteiger partial charge on any atom is -0.337 e. The molecule has 2 heterocycles. The van der Waals surface area contributed by atoms with Crippen molar-refractivity contribution >= 4 is 5.91 Å². The molecule has 2 aliphatic carbocycles. The fourth-order valence-corrected chi connectivity index (χ4v) is 6.21. The van der Waals surface area contributed by atoms with Gasteiger partial charge < -0.3 is 9.80 Å². The molecular weight excluding hydrogens is 320 g/mol. The molecule has 0 bridgehead atoms. The molecule has 1 aromatic carbocycles. The van der Waals surface area contributed by atoms with E-state index in [1.807, 2.05) is 0 Å². The van der Waals surface area contributed by atoms with E-state index in [-0.39, 0.29) is 0 Å². The van der Waals surface area contributed by atoms with Gasteiger partial charge in [0.05, 0.1) is 0 Å². The summed E-state index contributed by atoms with van der Waals surface area (Å²) in [6.07, 6.45) is 10.2. The van der Waals surface area contributed by atoms with Crippen LogP contribution in [0.4, 0.5) is 0 Å². The summed E-state index contributed by atoms with van der Waals surface area (Å²) in [5, 5.41) is 0. The fourth-order valence-electron chi connectivity index (χ4n) is 6.21. The molecule has 1 amide bonds. The second-order valence-corrected chi connectivity index (χ2v) is 9.37. The van der Waals surface area contributed by atoms with E-state index in [0.29, 0.717) is 35.2 Å². The third-order valence-corrected chi connectivity index (χ3v) is 7.97. The summed E-state index contributed by atoms with van der Waals surface area (Å²) in [5.74, 6) is 1.30. The van der Waals surface area contributed by atoms with E-state index >= 15 is 0 Å². The first-order valence-corrected chi connectivity index (χ1v) is 10.8. The van der Waals surface area contributed by atoms with Crippen LogP contribution in [0.5, 0.6) is 0 Å². The minimum absolute atomic E-state index is 0.349. The quantitative estimate of drug-likeness (QED) is 0.802. The van der Waals surface area contributed by atoms with Gasteiger partial charge >= 0.3 is 0 Å². The number of likely N-dealkylation sites (tertiary alicyclic amines) is 2. The van der Waals surface area contributed by atoms with Gasteiger partial charge in [0.25, 0.3) is 0 Å². The van der Waals surface area contributed by atoms with Crippen molar-refractivity contribution in [3.05, 3.63) is 35.9 Å². The van der Waals surface area contributed by atoms with Gasteiger partial charge in [0.1, 0.15) is 0 Å². The van der Waals surface area contributed by atoms with E-state index in [1.165, 1.54) is 63.5 Å². The number of likely N-dealkylation sites (N-methyl/N-ethyl adjacent to an activating group) is 1. The van der Waals surface area contributed by atoms with E-state index in [0.717, 1.165) is 6.54 Å². The number of carbonyl (C=O) groups is 1. The van der Waals surface area contributed by atoms with Gasteiger partial charge in [0.2, 0.25) is 5.91 Å². The van der Waals surface area contributed by atoms with Crippen LogP contribution in [0.3, 0.4) is 0 Å². The van der Waals surface area contributed by atoms with Gasteiger partial charge in [0.15, 0.2) is 0 Å². The number of rotatable bonds is 2. The number of hydrogen-bond acceptors (Lipinski definition) is 2. The van der Waals surface area contributed by atoms with Crippen molar-refractivity contribution in [3.63, 3.8) is 0 Å². The highest BCUT2D eigenvalue weighted by Gasteiger charge is 2.63. The molecule has 140 valence electrons. The lowest BCUT2D eigenvalue weighted by Gasteiger charge is -2.37. The zero-order valence-corrected chi connectivity index (χ0v) is 16.1. The normalized spacial score (nSPS) is 36.1. The number of hydrogen-bond donors (Lipinski definition) is 0. The van der Waals surface area contributed by atoms with Crippen molar-refractivity contribution in [1.82, 2.24) is 9.80 Å². The second-order valence-electron chi connectivity index (χ2n) is 9.37. The molecule has 0 radical (unpaired) electrons. The molecule has 0 aromatic heterocycles. The lowest BCUT2D eigenvalue weighted by molar-refractivity contribution is -0.135. The molecule has 2 saturated heterocycles. The summed E-state index contributed by atoms with van der Waals surface area (Å²) >= 11 is 0. The highest BCUT2D eigenvalue weighted by Crippen LogP contribution is 2.66. The first-order valence-electron chi connectivity index (χ1n) is 10.8. The largest absolute Gasteiger partial charge is 0.337 e. The number of nitrogens with zero attached hydrogens (tertiary/aromatic N) is 2. The predicted octanol–water partition coefficient (Wildman–Crippen LogP) is 4.05. The molecular formula is C23H32N2O. The van der Waals surface area contributed by atoms with Crippen molar-refractivity contribution in [2.45, 2.75) is 69.4 Å². The topological polar surface area (TPSA) is 23.6 Å². The molecule has 1 aromatic rings. The summed E-state index contributed by atoms with van der Waals surface area (Å²) in [6, 6.07) is 11.9. The number of amides is 1. The van der Waals surface area contributed by atoms with Crippen molar-refractivity contribution in [1.29, 1.82) is 0 Å². The molecule has 4 aliphatic rings. The maximum absolute atomic E-state index is 13.5. The maximum Gasteiger partial charge on any atom is 0.226 e. The lowest BCUT2D eigenvalue weighted by atomic mass is 9.79. The predicted molar refractivity (Wildman–Crippen MR) is 104 cm³/mol. The summed E-state index contributed by atoms with van der Waals surface area (Å²) in [5.41, 5.74) is 1.85. The molecule has 26 heavy (non-hydrogen) atoms. The Labute approximate surface area is 157 Å². The summed E-state index contributed by atoms with van der Waals surface area (Å²) in [7, 11) is 2.29. The van der Waals surface area contributed by atoms with Crippen LogP contribution in [0.1, 0.15) is 62.8 Å². The monoisotopic (exact) mass is 352 g/mol. The van der Waals surface area contributed by atoms with Gasteiger partial charge in [0, 0.05) is 30.5 Å². The number of carbonyl (C=O) groups excluding carboxylic acids is 1. The van der Waals surface area contributed by atoms with Gasteiger partial charge in [-0.05, 0) is 56.7 Å². The Balaban J connectivity index is 1.44. The molecule has 1 spiro atoms. The third-order valence-electron chi connectivity index (χ3n) is 7.97. The van der Waals surface area contributed by atoms with E-state index < -0.39 is 0 Å². The van der Waals surface area contributed by atoms with Crippen LogP contribution in [0, 0.1) is 11.3 Å². The van der Waals surface area contributed by atoms with Crippen molar-refractivity contribution in [2.75, 3.05) is 20.1 Å². The van der Waals surface area contributed by atoms with Crippen LogP contribution >= 0.6 is 0 Å². The average Bonchev–Trinajstić information content (AvgIpc) is 3.29. The van der Waals surface area contributed by atoms with E-state index in [1.54, 1.807) is 0 Å². The summed E-state index contributed by atoms with van der Waals surface area (Å²) in [6.45, 7) is 2.09. The zero-order chi connectivity index (χ0) is 17.7. The van der Waals surface area contributed by atoms with E-state index in [4.69, 9.17) is 0 Å². The van der Waals surface area contributed by atoms with Gasteiger partial charge in [-0.2, -0.15) is 0 Å². The van der Waals surface area contributed by atoms with Gasteiger partial charge in [-0.25, -0.2) is 0 Å². The van der Waals surface area contributed by atoms with Crippen LogP contribution in [0.25, 0.3) is 0 Å². The number of benzene rings is 1. The zero-order valence-electron chi connectivity index (χ0n) is 16.1. The third kappa shape index (κ3) is 2.62. The first-order chi connectivity index (χ1) is 12.7. The maximum atomic E-state index is 13.5. The van der Waals surface area contributed by atoms with Crippen LogP contribution in [-0.2, 0) is 4.79 Å². The Morgan fingerprint density at radius 1 is 1.08 bits per heavy atom. The van der Waals surface area contributed by atoms with E-state index in [9.17, 15) is 4.79 Å². The van der Waals surface area contributed by atoms with Crippen LogP contribution in [0.2, 0.25) is 0 Å². The van der Waals surface area contributed by atoms with Gasteiger partial charge in [-0.1, -0.05) is 49.6 Å². The second kappa shape index (κ2) is 6.37. The summed E-state index contributed by atoms with van der Waals surface area (Å²) < 4.78 is 0.